The number of hydrogen-bond acceptors (Lipinski definition) is 3. The summed E-state index contributed by atoms with van der Waals surface area (Å²) < 4.78 is 0. The van der Waals surface area contributed by atoms with E-state index in [4.69, 9.17) is 0 Å². The van der Waals surface area contributed by atoms with E-state index in [-0.39, 0.29) is 0 Å². The first-order valence-corrected chi connectivity index (χ1v) is 10.0. The fourth-order valence-corrected chi connectivity index (χ4v) is 5.90. The summed E-state index contributed by atoms with van der Waals surface area (Å²) >= 11 is 2.17. The van der Waals surface area contributed by atoms with Crippen molar-refractivity contribution >= 4 is 11.8 Å². The van der Waals surface area contributed by atoms with Crippen molar-refractivity contribution in [2.45, 2.75) is 70.4 Å². The normalized spacial score (nSPS) is 42.1. The molecule has 1 saturated carbocycles. The summed E-state index contributed by atoms with van der Waals surface area (Å²) in [6.45, 7) is 17.1. The molecule has 3 heteroatoms. The van der Waals surface area contributed by atoms with Crippen molar-refractivity contribution in [1.29, 1.82) is 0 Å². The monoisotopic (exact) mass is 312 g/mol. The second kappa shape index (κ2) is 8.21. The van der Waals surface area contributed by atoms with Crippen LogP contribution in [0.25, 0.3) is 0 Å². The summed E-state index contributed by atoms with van der Waals surface area (Å²) in [6.07, 6.45) is 4.05. The van der Waals surface area contributed by atoms with Crippen LogP contribution in [-0.4, -0.2) is 47.6 Å². The van der Waals surface area contributed by atoms with Gasteiger partial charge in [0.25, 0.3) is 0 Å². The number of nitrogens with zero attached hydrogens (tertiary/aromatic N) is 1. The maximum Gasteiger partial charge on any atom is 0.0149 e. The standard InChI is InChI=1S/C18H36N2S/c1-6-7-19-18-9-13(2)8-14(3)17(18)12-20-10-15(4)21-16(5)11-20/h13-19H,6-12H2,1-5H3. The van der Waals surface area contributed by atoms with E-state index < -0.39 is 0 Å². The Hall–Kier alpha value is 0.270. The van der Waals surface area contributed by atoms with Gasteiger partial charge >= 0.3 is 0 Å². The minimum absolute atomic E-state index is 0.740. The Balaban J connectivity index is 1.96. The van der Waals surface area contributed by atoms with Crippen LogP contribution in [0.1, 0.15) is 53.9 Å². The summed E-state index contributed by atoms with van der Waals surface area (Å²) in [5, 5.41) is 5.46. The molecule has 6 unspecified atom stereocenters. The molecule has 0 bridgehead atoms. The van der Waals surface area contributed by atoms with Gasteiger partial charge in [-0.2, -0.15) is 11.8 Å². The minimum atomic E-state index is 0.740. The van der Waals surface area contributed by atoms with E-state index >= 15 is 0 Å². The molecule has 1 heterocycles. The quantitative estimate of drug-likeness (QED) is 0.830. The van der Waals surface area contributed by atoms with Crippen LogP contribution in [-0.2, 0) is 0 Å². The van der Waals surface area contributed by atoms with Crippen LogP contribution in [0, 0.1) is 17.8 Å². The van der Waals surface area contributed by atoms with E-state index in [2.05, 4.69) is 56.6 Å². The van der Waals surface area contributed by atoms with Crippen LogP contribution in [0.15, 0.2) is 0 Å². The summed E-state index contributed by atoms with van der Waals surface area (Å²) in [5.74, 6) is 2.60. The highest BCUT2D eigenvalue weighted by Gasteiger charge is 2.35. The first kappa shape index (κ1) is 17.6. The lowest BCUT2D eigenvalue weighted by Crippen LogP contribution is -2.51. The van der Waals surface area contributed by atoms with E-state index in [0.717, 1.165) is 34.3 Å². The Morgan fingerprint density at radius 2 is 1.71 bits per heavy atom. The van der Waals surface area contributed by atoms with Crippen LogP contribution in [0.2, 0.25) is 0 Å². The van der Waals surface area contributed by atoms with Gasteiger partial charge in [-0.05, 0) is 43.6 Å². The van der Waals surface area contributed by atoms with Crippen molar-refractivity contribution in [1.82, 2.24) is 10.2 Å². The third kappa shape index (κ3) is 5.14. The maximum absolute atomic E-state index is 3.86. The Morgan fingerprint density at radius 3 is 2.33 bits per heavy atom. The largest absolute Gasteiger partial charge is 0.314 e. The highest BCUT2D eigenvalue weighted by molar-refractivity contribution is 8.00. The zero-order chi connectivity index (χ0) is 15.4. The Bertz CT molecular complexity index is 300. The lowest BCUT2D eigenvalue weighted by Gasteiger charge is -2.44. The molecule has 2 rings (SSSR count). The molecule has 0 amide bonds. The van der Waals surface area contributed by atoms with Gasteiger partial charge in [-0.15, -0.1) is 0 Å². The van der Waals surface area contributed by atoms with E-state index in [0.29, 0.717) is 0 Å². The van der Waals surface area contributed by atoms with Gasteiger partial charge in [0.1, 0.15) is 0 Å². The summed E-state index contributed by atoms with van der Waals surface area (Å²) in [6, 6.07) is 0.740. The molecule has 2 aliphatic rings. The molecule has 0 radical (unpaired) electrons. The van der Waals surface area contributed by atoms with Crippen molar-refractivity contribution in [3.63, 3.8) is 0 Å². The molecule has 2 nitrogen and oxygen atoms in total. The van der Waals surface area contributed by atoms with Crippen LogP contribution >= 0.6 is 11.8 Å². The van der Waals surface area contributed by atoms with Gasteiger partial charge < -0.3 is 10.2 Å². The molecule has 124 valence electrons. The van der Waals surface area contributed by atoms with E-state index in [1.54, 1.807) is 0 Å². The Morgan fingerprint density at radius 1 is 1.05 bits per heavy atom. The van der Waals surface area contributed by atoms with E-state index in [9.17, 15) is 0 Å². The first-order chi connectivity index (χ1) is 9.99. The molecule has 2 fully saturated rings. The molecule has 1 aliphatic heterocycles. The molecule has 1 N–H and O–H groups in total. The summed E-state index contributed by atoms with van der Waals surface area (Å²) in [7, 11) is 0. The van der Waals surface area contributed by atoms with Gasteiger partial charge in [-0.3, -0.25) is 0 Å². The molecule has 1 aliphatic carbocycles. The molecule has 0 spiro atoms. The van der Waals surface area contributed by atoms with Crippen molar-refractivity contribution in [3.05, 3.63) is 0 Å². The van der Waals surface area contributed by atoms with Gasteiger partial charge in [0.2, 0.25) is 0 Å². The minimum Gasteiger partial charge on any atom is -0.314 e. The molecule has 1 saturated heterocycles. The number of hydrogen-bond donors (Lipinski definition) is 1. The van der Waals surface area contributed by atoms with Gasteiger partial charge in [0, 0.05) is 36.2 Å². The van der Waals surface area contributed by atoms with Crippen LogP contribution in [0.3, 0.4) is 0 Å². The zero-order valence-corrected chi connectivity index (χ0v) is 15.6. The smallest absolute Gasteiger partial charge is 0.0149 e. The fourth-order valence-electron chi connectivity index (χ4n) is 4.51. The molecular weight excluding hydrogens is 276 g/mol. The second-order valence-electron chi connectivity index (χ2n) is 7.75. The summed E-state index contributed by atoms with van der Waals surface area (Å²) in [4.78, 5) is 2.75. The number of rotatable bonds is 5. The predicted molar refractivity (Wildman–Crippen MR) is 96.1 cm³/mol. The van der Waals surface area contributed by atoms with Gasteiger partial charge in [-0.25, -0.2) is 0 Å². The van der Waals surface area contributed by atoms with Crippen molar-refractivity contribution in [2.75, 3.05) is 26.2 Å². The van der Waals surface area contributed by atoms with Crippen molar-refractivity contribution in [2.24, 2.45) is 17.8 Å². The van der Waals surface area contributed by atoms with Crippen molar-refractivity contribution in [3.8, 4) is 0 Å². The molecular formula is C18H36N2S. The second-order valence-corrected chi connectivity index (χ2v) is 9.64. The first-order valence-electron chi connectivity index (χ1n) is 9.10. The van der Waals surface area contributed by atoms with Crippen LogP contribution < -0.4 is 5.32 Å². The molecule has 0 aromatic rings. The van der Waals surface area contributed by atoms with Crippen LogP contribution in [0.5, 0.6) is 0 Å². The van der Waals surface area contributed by atoms with Crippen LogP contribution in [0.4, 0.5) is 0 Å². The summed E-state index contributed by atoms with van der Waals surface area (Å²) in [5.41, 5.74) is 0. The Kier molecular flexibility index (Phi) is 6.89. The average molecular weight is 313 g/mol. The fraction of sp³-hybridized carbons (Fsp3) is 1.00. The lowest BCUT2D eigenvalue weighted by atomic mass is 9.72. The van der Waals surface area contributed by atoms with Gasteiger partial charge in [-0.1, -0.05) is 34.6 Å². The van der Waals surface area contributed by atoms with Crippen molar-refractivity contribution < 1.29 is 0 Å². The van der Waals surface area contributed by atoms with E-state index in [1.807, 2.05) is 0 Å². The topological polar surface area (TPSA) is 15.3 Å². The SMILES string of the molecule is CCCNC1CC(C)CC(C)C1CN1CC(C)SC(C)C1. The third-order valence-electron chi connectivity index (χ3n) is 5.30. The molecule has 0 aromatic carbocycles. The van der Waals surface area contributed by atoms with Gasteiger partial charge in [0.05, 0.1) is 0 Å². The molecule has 21 heavy (non-hydrogen) atoms. The van der Waals surface area contributed by atoms with Gasteiger partial charge in [0.15, 0.2) is 0 Å². The molecule has 0 aromatic heterocycles. The maximum atomic E-state index is 3.86. The molecule has 6 atom stereocenters. The highest BCUT2D eigenvalue weighted by Crippen LogP contribution is 2.35. The predicted octanol–water partition coefficient (Wildman–Crippen LogP) is 3.86. The zero-order valence-electron chi connectivity index (χ0n) is 14.8. The number of nitrogens with one attached hydrogen (secondary N) is 1. The Labute approximate surface area is 136 Å². The average Bonchev–Trinajstić information content (AvgIpc) is 2.38. The third-order valence-corrected chi connectivity index (χ3v) is 6.53. The van der Waals surface area contributed by atoms with E-state index in [1.165, 1.54) is 45.4 Å². The lowest BCUT2D eigenvalue weighted by molar-refractivity contribution is 0.100. The highest BCUT2D eigenvalue weighted by atomic mass is 32.2. The number of thioether (sulfide) groups is 1.